The van der Waals surface area contributed by atoms with E-state index in [0.29, 0.717) is 5.69 Å². The Hall–Kier alpha value is -3.46. The Kier molecular flexibility index (Phi) is 6.42. The van der Waals surface area contributed by atoms with Crippen LogP contribution in [0, 0.1) is 0 Å². The first-order valence-corrected chi connectivity index (χ1v) is 12.4. The number of piperidine rings is 1. The van der Waals surface area contributed by atoms with Gasteiger partial charge in [-0.3, -0.25) is 9.59 Å². The Bertz CT molecular complexity index is 1220. The number of H-pyrrole nitrogens is 1. The normalized spacial score (nSPS) is 22.9. The van der Waals surface area contributed by atoms with E-state index in [9.17, 15) is 9.59 Å². The van der Waals surface area contributed by atoms with Crippen molar-refractivity contribution < 1.29 is 9.59 Å². The molecule has 0 radical (unpaired) electrons. The number of aromatic amines is 1. The van der Waals surface area contributed by atoms with Crippen molar-refractivity contribution in [3.63, 3.8) is 0 Å². The van der Waals surface area contributed by atoms with Crippen LogP contribution >= 0.6 is 0 Å². The van der Waals surface area contributed by atoms with Crippen LogP contribution in [0.4, 0.5) is 11.5 Å². The fourth-order valence-electron chi connectivity index (χ4n) is 5.47. The summed E-state index contributed by atoms with van der Waals surface area (Å²) in [6, 6.07) is 8.05. The highest BCUT2D eigenvalue weighted by molar-refractivity contribution is 5.99. The van der Waals surface area contributed by atoms with E-state index >= 15 is 0 Å². The molecule has 3 N–H and O–H groups in total. The molecular weight excluding hydrogens is 442 g/mol. The van der Waals surface area contributed by atoms with Crippen LogP contribution in [0.3, 0.4) is 0 Å². The first-order valence-electron chi connectivity index (χ1n) is 12.4. The van der Waals surface area contributed by atoms with Crippen molar-refractivity contribution in [2.45, 2.75) is 58.2 Å². The minimum absolute atomic E-state index is 0.0176. The number of piperazine rings is 1. The molecule has 9 heteroatoms. The molecule has 5 rings (SSSR count). The van der Waals surface area contributed by atoms with Gasteiger partial charge in [0.05, 0.1) is 23.6 Å². The predicted octanol–water partition coefficient (Wildman–Crippen LogP) is 3.15. The molecule has 5 heterocycles. The number of nitrogens with one attached hydrogen (secondary N) is 3. The molecule has 35 heavy (non-hydrogen) atoms. The van der Waals surface area contributed by atoms with Gasteiger partial charge in [0, 0.05) is 49.2 Å². The van der Waals surface area contributed by atoms with Gasteiger partial charge in [0.25, 0.3) is 0 Å². The van der Waals surface area contributed by atoms with Gasteiger partial charge in [0.15, 0.2) is 0 Å². The smallest absolute Gasteiger partial charge is 0.241 e. The molecular formula is C26H33N7O2. The minimum atomic E-state index is -0.156. The zero-order valence-electron chi connectivity index (χ0n) is 20.5. The summed E-state index contributed by atoms with van der Waals surface area (Å²) in [5.41, 5.74) is 3.19. The van der Waals surface area contributed by atoms with Crippen LogP contribution in [0.2, 0.25) is 0 Å². The zero-order chi connectivity index (χ0) is 24.5. The molecule has 0 unspecified atom stereocenters. The molecule has 0 saturated carbocycles. The molecule has 0 bridgehead atoms. The van der Waals surface area contributed by atoms with Gasteiger partial charge in [-0.05, 0) is 51.4 Å². The van der Waals surface area contributed by atoms with Gasteiger partial charge in [0.1, 0.15) is 11.5 Å². The summed E-state index contributed by atoms with van der Waals surface area (Å²) in [5, 5.41) is 7.21. The lowest BCUT2D eigenvalue weighted by Gasteiger charge is -2.44. The van der Waals surface area contributed by atoms with Crippen LogP contribution in [-0.2, 0) is 9.59 Å². The largest absolute Gasteiger partial charge is 0.352 e. The van der Waals surface area contributed by atoms with Crippen LogP contribution in [-0.4, -0.2) is 69.4 Å². The highest BCUT2D eigenvalue weighted by Crippen LogP contribution is 2.30. The third-order valence-corrected chi connectivity index (χ3v) is 7.04. The van der Waals surface area contributed by atoms with E-state index in [1.54, 1.807) is 13.1 Å². The lowest BCUT2D eigenvalue weighted by Crippen LogP contribution is -2.58. The lowest BCUT2D eigenvalue weighted by atomic mass is 10.0. The second-order valence-corrected chi connectivity index (χ2v) is 9.72. The SMILES string of the molecule is CC(=O)N1[C@H](C)CN(c2cccc(-c3c[nH]c4ncc(NC(=O)[C@H]5CCCCN5)cc34)n2)C[C@@H]1C. The van der Waals surface area contributed by atoms with E-state index in [4.69, 9.17) is 4.98 Å². The molecule has 0 spiro atoms. The van der Waals surface area contributed by atoms with Gasteiger partial charge >= 0.3 is 0 Å². The summed E-state index contributed by atoms with van der Waals surface area (Å²) < 4.78 is 0. The number of aromatic nitrogens is 3. The molecule has 3 atom stereocenters. The molecule has 2 amide bonds. The summed E-state index contributed by atoms with van der Waals surface area (Å²) >= 11 is 0. The Morgan fingerprint density at radius 3 is 2.66 bits per heavy atom. The number of carbonyl (C=O) groups excluding carboxylic acids is 2. The maximum Gasteiger partial charge on any atom is 0.241 e. The molecule has 0 aliphatic carbocycles. The Balaban J connectivity index is 1.39. The second-order valence-electron chi connectivity index (χ2n) is 9.72. The van der Waals surface area contributed by atoms with Crippen molar-refractivity contribution in [3.05, 3.63) is 36.7 Å². The molecule has 2 aliphatic heterocycles. The Morgan fingerprint density at radius 1 is 1.14 bits per heavy atom. The maximum absolute atomic E-state index is 12.7. The predicted molar refractivity (Wildman–Crippen MR) is 137 cm³/mol. The molecule has 184 valence electrons. The second kappa shape index (κ2) is 9.65. The number of pyridine rings is 2. The van der Waals surface area contributed by atoms with Crippen LogP contribution in [0.1, 0.15) is 40.0 Å². The third-order valence-electron chi connectivity index (χ3n) is 7.04. The van der Waals surface area contributed by atoms with Gasteiger partial charge < -0.3 is 25.4 Å². The van der Waals surface area contributed by atoms with Crippen molar-refractivity contribution in [2.24, 2.45) is 0 Å². The lowest BCUT2D eigenvalue weighted by molar-refractivity contribution is -0.133. The molecule has 0 aromatic carbocycles. The van der Waals surface area contributed by atoms with E-state index in [1.165, 1.54) is 0 Å². The third kappa shape index (κ3) is 4.73. The molecule has 3 aromatic heterocycles. The standard InChI is InChI=1S/C26H33N7O2/c1-16-14-32(15-17(2)33(16)18(3)34)24-9-6-8-22(31-24)21-13-29-25-20(21)11-19(12-28-25)30-26(35)23-7-4-5-10-27-23/h6,8-9,11-13,16-17,23,27H,4-5,7,10,14-15H2,1-3H3,(H,28,29)(H,30,35)/t16-,17+,23-/m1/s1. The quantitative estimate of drug-likeness (QED) is 0.535. The Morgan fingerprint density at radius 2 is 1.94 bits per heavy atom. The van der Waals surface area contributed by atoms with Crippen molar-refractivity contribution in [2.75, 3.05) is 29.9 Å². The van der Waals surface area contributed by atoms with Crippen molar-refractivity contribution in [1.29, 1.82) is 0 Å². The van der Waals surface area contributed by atoms with Crippen LogP contribution in [0.25, 0.3) is 22.3 Å². The topological polar surface area (TPSA) is 106 Å². The number of anilines is 2. The molecule has 2 saturated heterocycles. The zero-order valence-corrected chi connectivity index (χ0v) is 20.5. The van der Waals surface area contributed by atoms with E-state index < -0.39 is 0 Å². The number of nitrogens with zero attached hydrogens (tertiary/aromatic N) is 4. The first-order chi connectivity index (χ1) is 16.9. The van der Waals surface area contributed by atoms with E-state index in [0.717, 1.165) is 67.0 Å². The summed E-state index contributed by atoms with van der Waals surface area (Å²) in [5.74, 6) is 0.982. The summed E-state index contributed by atoms with van der Waals surface area (Å²) in [6.07, 6.45) is 6.63. The maximum atomic E-state index is 12.7. The van der Waals surface area contributed by atoms with E-state index in [-0.39, 0.29) is 29.9 Å². The molecule has 9 nitrogen and oxygen atoms in total. The number of fused-ring (bicyclic) bond motifs is 1. The molecule has 3 aromatic rings. The first kappa shape index (κ1) is 23.3. The fourth-order valence-corrected chi connectivity index (χ4v) is 5.47. The summed E-state index contributed by atoms with van der Waals surface area (Å²) in [6.45, 7) is 8.15. The van der Waals surface area contributed by atoms with Crippen LogP contribution < -0.4 is 15.5 Å². The number of carbonyl (C=O) groups is 2. The number of rotatable bonds is 4. The van der Waals surface area contributed by atoms with Gasteiger partial charge in [-0.25, -0.2) is 9.97 Å². The van der Waals surface area contributed by atoms with E-state index in [1.807, 2.05) is 35.4 Å². The number of amides is 2. The summed E-state index contributed by atoms with van der Waals surface area (Å²) in [4.78, 5) is 41.6. The minimum Gasteiger partial charge on any atom is -0.352 e. The highest BCUT2D eigenvalue weighted by Gasteiger charge is 2.31. The fraction of sp³-hybridized carbons (Fsp3) is 0.462. The Labute approximate surface area is 205 Å². The van der Waals surface area contributed by atoms with Crippen LogP contribution in [0.5, 0.6) is 0 Å². The van der Waals surface area contributed by atoms with Gasteiger partial charge in [-0.1, -0.05) is 12.5 Å². The molecule has 2 aliphatic rings. The highest BCUT2D eigenvalue weighted by atomic mass is 16.2. The van der Waals surface area contributed by atoms with Crippen molar-refractivity contribution >= 4 is 34.4 Å². The van der Waals surface area contributed by atoms with Gasteiger partial charge in [0.2, 0.25) is 11.8 Å². The van der Waals surface area contributed by atoms with Gasteiger partial charge in [-0.15, -0.1) is 0 Å². The molecule has 2 fully saturated rings. The number of hydrogen-bond donors (Lipinski definition) is 3. The average molecular weight is 476 g/mol. The van der Waals surface area contributed by atoms with Crippen molar-refractivity contribution in [1.82, 2.24) is 25.2 Å². The van der Waals surface area contributed by atoms with Crippen molar-refractivity contribution in [3.8, 4) is 11.3 Å². The monoisotopic (exact) mass is 475 g/mol. The van der Waals surface area contributed by atoms with Gasteiger partial charge in [-0.2, -0.15) is 0 Å². The van der Waals surface area contributed by atoms with E-state index in [2.05, 4.69) is 39.3 Å². The summed E-state index contributed by atoms with van der Waals surface area (Å²) in [7, 11) is 0. The average Bonchev–Trinajstić information content (AvgIpc) is 3.27. The van der Waals surface area contributed by atoms with Crippen LogP contribution in [0.15, 0.2) is 36.7 Å². The number of hydrogen-bond acceptors (Lipinski definition) is 6.